The molecule has 0 spiro atoms. The van der Waals surface area contributed by atoms with Gasteiger partial charge in [-0.1, -0.05) is 12.1 Å². The molecule has 0 unspecified atom stereocenters. The Balaban J connectivity index is 1.94. The Morgan fingerprint density at radius 3 is 2.40 bits per heavy atom. The first-order valence-electron chi connectivity index (χ1n) is 6.06. The summed E-state index contributed by atoms with van der Waals surface area (Å²) >= 11 is 0. The van der Waals surface area contributed by atoms with Crippen LogP contribution in [0.2, 0.25) is 0 Å². The molecule has 106 valence electrons. The molecule has 0 aliphatic heterocycles. The smallest absolute Gasteiger partial charge is 0.333 e. The van der Waals surface area contributed by atoms with Crippen molar-refractivity contribution in [2.75, 3.05) is 0 Å². The second-order valence-corrected chi connectivity index (χ2v) is 4.43. The van der Waals surface area contributed by atoms with Gasteiger partial charge in [-0.3, -0.25) is 0 Å². The molecule has 2 aromatic rings. The quantitative estimate of drug-likeness (QED) is 0.787. The van der Waals surface area contributed by atoms with E-state index >= 15 is 0 Å². The third-order valence-corrected chi connectivity index (χ3v) is 2.87. The highest BCUT2D eigenvalue weighted by molar-refractivity contribution is 5.70. The van der Waals surface area contributed by atoms with Crippen molar-refractivity contribution in [2.45, 2.75) is 19.8 Å². The molecule has 0 aliphatic carbocycles. The van der Waals surface area contributed by atoms with Gasteiger partial charge in [-0.15, -0.1) is 4.73 Å². The van der Waals surface area contributed by atoms with E-state index in [0.29, 0.717) is 11.2 Å². The van der Waals surface area contributed by atoms with Gasteiger partial charge in [0.05, 0.1) is 6.42 Å². The molecule has 0 fully saturated rings. The van der Waals surface area contributed by atoms with Gasteiger partial charge in [0.1, 0.15) is 5.75 Å². The van der Waals surface area contributed by atoms with Crippen molar-refractivity contribution >= 4 is 5.97 Å². The summed E-state index contributed by atoms with van der Waals surface area (Å²) in [6, 6.07) is 7.50. The minimum Gasteiger partial charge on any atom is -0.508 e. The van der Waals surface area contributed by atoms with E-state index < -0.39 is 5.97 Å². The number of nitrogens with zero attached hydrogens (tertiary/aromatic N) is 1. The van der Waals surface area contributed by atoms with E-state index in [0.717, 1.165) is 11.1 Å². The summed E-state index contributed by atoms with van der Waals surface area (Å²) in [5.41, 5.74) is 1.62. The van der Waals surface area contributed by atoms with Crippen molar-refractivity contribution in [3.8, 4) is 17.5 Å². The summed E-state index contributed by atoms with van der Waals surface area (Å²) in [4.78, 5) is 16.4. The van der Waals surface area contributed by atoms with Crippen LogP contribution in [0.25, 0.3) is 0 Å². The van der Waals surface area contributed by atoms with Crippen LogP contribution >= 0.6 is 0 Å². The first kappa shape index (κ1) is 13.8. The van der Waals surface area contributed by atoms with Gasteiger partial charge in [-0.2, -0.15) is 0 Å². The molecule has 1 aromatic carbocycles. The Hall–Kier alpha value is -2.63. The highest BCUT2D eigenvalue weighted by Gasteiger charge is 2.12. The Morgan fingerprint density at radius 2 is 1.80 bits per heavy atom. The van der Waals surface area contributed by atoms with Crippen LogP contribution in [0.1, 0.15) is 17.5 Å². The molecule has 1 aromatic heterocycles. The Labute approximate surface area is 115 Å². The average molecular weight is 277 g/mol. The summed E-state index contributed by atoms with van der Waals surface area (Å²) in [7, 11) is 0. The monoisotopic (exact) mass is 277 g/mol. The van der Waals surface area contributed by atoms with Crippen LogP contribution in [0, 0.1) is 6.92 Å². The standard InChI is InChI=1S/C14H15NO5/c1-9-8-10(2-4-11(9)16)3-7-14(19)20-15-12(17)5-6-13(15)18/h2,4-6,8,16-18H,3,7H2,1H3. The number of phenols is 1. The molecule has 6 heteroatoms. The molecule has 0 saturated carbocycles. The van der Waals surface area contributed by atoms with Gasteiger partial charge in [-0.05, 0) is 30.5 Å². The maximum Gasteiger partial charge on any atom is 0.333 e. The van der Waals surface area contributed by atoms with Gasteiger partial charge >= 0.3 is 5.97 Å². The molecule has 0 aliphatic rings. The number of aryl methyl sites for hydroxylation is 2. The number of hydrogen-bond acceptors (Lipinski definition) is 5. The zero-order chi connectivity index (χ0) is 14.7. The molecule has 3 N–H and O–H groups in total. The van der Waals surface area contributed by atoms with Gasteiger partial charge in [0, 0.05) is 12.1 Å². The molecule has 0 radical (unpaired) electrons. The second-order valence-electron chi connectivity index (χ2n) is 4.43. The first-order chi connectivity index (χ1) is 9.47. The van der Waals surface area contributed by atoms with E-state index in [1.165, 1.54) is 12.1 Å². The molecular formula is C14H15NO5. The van der Waals surface area contributed by atoms with Gasteiger partial charge in [0.15, 0.2) is 0 Å². The molecule has 0 saturated heterocycles. The third kappa shape index (κ3) is 3.03. The van der Waals surface area contributed by atoms with E-state index in [2.05, 4.69) is 0 Å². The molecule has 20 heavy (non-hydrogen) atoms. The zero-order valence-electron chi connectivity index (χ0n) is 10.9. The summed E-state index contributed by atoms with van der Waals surface area (Å²) in [6.07, 6.45) is 0.518. The molecule has 0 amide bonds. The lowest BCUT2D eigenvalue weighted by Gasteiger charge is -2.07. The predicted octanol–water partition coefficient (Wildman–Crippen LogP) is 1.50. The van der Waals surface area contributed by atoms with Crippen LogP contribution in [0.5, 0.6) is 17.5 Å². The van der Waals surface area contributed by atoms with Crippen molar-refractivity contribution in [2.24, 2.45) is 0 Å². The minimum atomic E-state index is -0.586. The van der Waals surface area contributed by atoms with Crippen LogP contribution < -0.4 is 4.84 Å². The lowest BCUT2D eigenvalue weighted by molar-refractivity contribution is -0.145. The van der Waals surface area contributed by atoms with Crippen molar-refractivity contribution < 1.29 is 25.0 Å². The highest BCUT2D eigenvalue weighted by atomic mass is 16.7. The summed E-state index contributed by atoms with van der Waals surface area (Å²) in [6.45, 7) is 1.77. The molecule has 2 rings (SSSR count). The third-order valence-electron chi connectivity index (χ3n) is 2.87. The maximum absolute atomic E-state index is 11.6. The van der Waals surface area contributed by atoms with E-state index in [1.807, 2.05) is 0 Å². The van der Waals surface area contributed by atoms with Gasteiger partial charge in [0.25, 0.3) is 0 Å². The van der Waals surface area contributed by atoms with E-state index in [-0.39, 0.29) is 23.9 Å². The fourth-order valence-corrected chi connectivity index (χ4v) is 1.76. The lowest BCUT2D eigenvalue weighted by Crippen LogP contribution is -2.19. The number of hydrogen-bond donors (Lipinski definition) is 3. The van der Waals surface area contributed by atoms with Crippen LogP contribution in [0.4, 0.5) is 0 Å². The number of phenolic OH excluding ortho intramolecular Hbond substituents is 1. The lowest BCUT2D eigenvalue weighted by atomic mass is 10.1. The summed E-state index contributed by atoms with van der Waals surface area (Å²) in [5, 5.41) is 28.1. The second kappa shape index (κ2) is 5.56. The number of rotatable bonds is 4. The van der Waals surface area contributed by atoms with Crippen molar-refractivity contribution in [1.82, 2.24) is 4.73 Å². The average Bonchev–Trinajstić information content (AvgIpc) is 2.72. The Bertz CT molecular complexity index is 613. The number of aromatic nitrogens is 1. The van der Waals surface area contributed by atoms with Crippen LogP contribution in [-0.4, -0.2) is 26.0 Å². The van der Waals surface area contributed by atoms with E-state index in [9.17, 15) is 20.1 Å². The van der Waals surface area contributed by atoms with Crippen LogP contribution in [0.3, 0.4) is 0 Å². The van der Waals surface area contributed by atoms with Crippen molar-refractivity contribution in [3.05, 3.63) is 41.5 Å². The van der Waals surface area contributed by atoms with E-state index in [4.69, 9.17) is 4.84 Å². The van der Waals surface area contributed by atoms with Crippen LogP contribution in [0.15, 0.2) is 30.3 Å². The number of benzene rings is 1. The van der Waals surface area contributed by atoms with Crippen LogP contribution in [-0.2, 0) is 11.2 Å². The minimum absolute atomic E-state index is 0.0846. The summed E-state index contributed by atoms with van der Waals surface area (Å²) < 4.78 is 0.657. The molecule has 0 atom stereocenters. The predicted molar refractivity (Wildman–Crippen MR) is 70.5 cm³/mol. The Morgan fingerprint density at radius 1 is 1.15 bits per heavy atom. The normalized spacial score (nSPS) is 10.4. The molecule has 0 bridgehead atoms. The molecule has 6 nitrogen and oxygen atoms in total. The van der Waals surface area contributed by atoms with E-state index in [1.54, 1.807) is 25.1 Å². The fraction of sp³-hybridized carbons (Fsp3) is 0.214. The topological polar surface area (TPSA) is 91.9 Å². The Kier molecular flexibility index (Phi) is 3.84. The largest absolute Gasteiger partial charge is 0.508 e. The first-order valence-corrected chi connectivity index (χ1v) is 6.06. The van der Waals surface area contributed by atoms with Gasteiger partial charge < -0.3 is 20.2 Å². The number of aromatic hydroxyl groups is 3. The summed E-state index contributed by atoms with van der Waals surface area (Å²) in [5.74, 6) is -1.08. The molecular weight excluding hydrogens is 262 g/mol. The maximum atomic E-state index is 11.6. The number of carbonyl (C=O) groups is 1. The van der Waals surface area contributed by atoms with Crippen molar-refractivity contribution in [1.29, 1.82) is 0 Å². The van der Waals surface area contributed by atoms with Gasteiger partial charge in [0.2, 0.25) is 11.8 Å². The zero-order valence-corrected chi connectivity index (χ0v) is 10.9. The fourth-order valence-electron chi connectivity index (χ4n) is 1.76. The van der Waals surface area contributed by atoms with Crippen molar-refractivity contribution in [3.63, 3.8) is 0 Å². The SMILES string of the molecule is Cc1cc(CCC(=O)On2c(O)ccc2O)ccc1O. The van der Waals surface area contributed by atoms with Gasteiger partial charge in [-0.25, -0.2) is 4.79 Å². The number of carbonyl (C=O) groups excluding carboxylic acids is 1. The highest BCUT2D eigenvalue weighted by Crippen LogP contribution is 2.20. The molecule has 1 heterocycles.